The highest BCUT2D eigenvalue weighted by Crippen LogP contribution is 2.37. The predicted molar refractivity (Wildman–Crippen MR) is 75.6 cm³/mol. The third kappa shape index (κ3) is 3.95. The van der Waals surface area contributed by atoms with Crippen molar-refractivity contribution in [1.82, 2.24) is 9.88 Å². The Balaban J connectivity index is 2.10. The Bertz CT molecular complexity index is 428. The SMILES string of the molecule is CCC(N)C(c1cccnc1)N1CCC(C(F)(F)F)CC1. The van der Waals surface area contributed by atoms with Crippen LogP contribution in [0.15, 0.2) is 24.5 Å². The molecule has 3 nitrogen and oxygen atoms in total. The lowest BCUT2D eigenvalue weighted by atomic mass is 9.91. The first-order chi connectivity index (χ1) is 9.93. The molecule has 6 heteroatoms. The van der Waals surface area contributed by atoms with Crippen LogP contribution in [0.25, 0.3) is 0 Å². The third-order valence-corrected chi connectivity index (χ3v) is 4.29. The number of alkyl halides is 3. The van der Waals surface area contributed by atoms with Gasteiger partial charge in [-0.25, -0.2) is 0 Å². The zero-order valence-corrected chi connectivity index (χ0v) is 12.2. The Morgan fingerprint density at radius 2 is 2.05 bits per heavy atom. The van der Waals surface area contributed by atoms with E-state index >= 15 is 0 Å². The normalized spacial score (nSPS) is 21.2. The molecule has 1 aromatic heterocycles. The maximum atomic E-state index is 12.8. The average molecular weight is 301 g/mol. The summed E-state index contributed by atoms with van der Waals surface area (Å²) in [5, 5.41) is 0. The fourth-order valence-electron chi connectivity index (χ4n) is 3.01. The van der Waals surface area contributed by atoms with Gasteiger partial charge in [-0.2, -0.15) is 13.2 Å². The molecule has 0 amide bonds. The summed E-state index contributed by atoms with van der Waals surface area (Å²) in [5.41, 5.74) is 7.19. The van der Waals surface area contributed by atoms with Gasteiger partial charge in [0.05, 0.1) is 12.0 Å². The first-order valence-corrected chi connectivity index (χ1v) is 7.39. The van der Waals surface area contributed by atoms with Gasteiger partial charge >= 0.3 is 6.18 Å². The zero-order valence-electron chi connectivity index (χ0n) is 12.2. The third-order valence-electron chi connectivity index (χ3n) is 4.29. The first kappa shape index (κ1) is 16.2. The molecule has 0 aromatic carbocycles. The molecule has 0 radical (unpaired) electrons. The molecular weight excluding hydrogens is 279 g/mol. The fraction of sp³-hybridized carbons (Fsp3) is 0.667. The van der Waals surface area contributed by atoms with Crippen LogP contribution in [0.4, 0.5) is 13.2 Å². The maximum Gasteiger partial charge on any atom is 0.391 e. The lowest BCUT2D eigenvalue weighted by Gasteiger charge is -2.40. The van der Waals surface area contributed by atoms with Gasteiger partial charge in [0.2, 0.25) is 0 Å². The summed E-state index contributed by atoms with van der Waals surface area (Å²) >= 11 is 0. The van der Waals surface area contributed by atoms with Crippen LogP contribution in [0, 0.1) is 5.92 Å². The van der Waals surface area contributed by atoms with Crippen LogP contribution >= 0.6 is 0 Å². The smallest absolute Gasteiger partial charge is 0.326 e. The van der Waals surface area contributed by atoms with E-state index in [0.717, 1.165) is 12.0 Å². The molecule has 1 aromatic rings. The number of nitrogens with two attached hydrogens (primary N) is 1. The van der Waals surface area contributed by atoms with E-state index in [-0.39, 0.29) is 24.9 Å². The molecule has 118 valence electrons. The van der Waals surface area contributed by atoms with Crippen LogP contribution in [-0.2, 0) is 0 Å². The summed E-state index contributed by atoms with van der Waals surface area (Å²) in [5.74, 6) is -1.18. The van der Waals surface area contributed by atoms with E-state index in [2.05, 4.69) is 9.88 Å². The number of hydrogen-bond acceptors (Lipinski definition) is 3. The first-order valence-electron chi connectivity index (χ1n) is 7.39. The van der Waals surface area contributed by atoms with Gasteiger partial charge in [0.25, 0.3) is 0 Å². The van der Waals surface area contributed by atoms with Gasteiger partial charge in [0.1, 0.15) is 0 Å². The molecule has 2 unspecified atom stereocenters. The predicted octanol–water partition coefficient (Wildman–Crippen LogP) is 3.13. The van der Waals surface area contributed by atoms with Crippen molar-refractivity contribution in [3.8, 4) is 0 Å². The summed E-state index contributed by atoms with van der Waals surface area (Å²) < 4.78 is 38.3. The molecule has 0 bridgehead atoms. The Kier molecular flexibility index (Phi) is 5.22. The second-order valence-corrected chi connectivity index (χ2v) is 5.66. The minimum Gasteiger partial charge on any atom is -0.326 e. The van der Waals surface area contributed by atoms with Crippen LogP contribution < -0.4 is 5.73 Å². The van der Waals surface area contributed by atoms with Gasteiger partial charge in [-0.15, -0.1) is 0 Å². The Morgan fingerprint density at radius 1 is 1.38 bits per heavy atom. The molecule has 1 aliphatic heterocycles. The molecule has 1 fully saturated rings. The van der Waals surface area contributed by atoms with Crippen LogP contribution in [0.5, 0.6) is 0 Å². The minimum atomic E-state index is -4.08. The van der Waals surface area contributed by atoms with Gasteiger partial charge in [0, 0.05) is 18.4 Å². The molecule has 1 aliphatic rings. The minimum absolute atomic E-state index is 0.0575. The number of nitrogens with zero attached hydrogens (tertiary/aromatic N) is 2. The number of hydrogen-bond donors (Lipinski definition) is 1. The molecule has 2 N–H and O–H groups in total. The second kappa shape index (κ2) is 6.75. The second-order valence-electron chi connectivity index (χ2n) is 5.66. The molecule has 2 heterocycles. The summed E-state index contributed by atoms with van der Waals surface area (Å²) in [6.45, 7) is 2.85. The van der Waals surface area contributed by atoms with E-state index in [1.54, 1.807) is 12.4 Å². The maximum absolute atomic E-state index is 12.8. The lowest BCUT2D eigenvalue weighted by molar-refractivity contribution is -0.186. The van der Waals surface area contributed by atoms with Gasteiger partial charge in [-0.05, 0) is 44.0 Å². The highest BCUT2D eigenvalue weighted by Gasteiger charge is 2.42. The summed E-state index contributed by atoms with van der Waals surface area (Å²) in [4.78, 5) is 6.19. The summed E-state index contributed by atoms with van der Waals surface area (Å²) in [7, 11) is 0. The summed E-state index contributed by atoms with van der Waals surface area (Å²) in [6, 6.07) is 3.63. The quantitative estimate of drug-likeness (QED) is 0.929. The van der Waals surface area contributed by atoms with Gasteiger partial charge < -0.3 is 5.73 Å². The lowest BCUT2D eigenvalue weighted by Crippen LogP contribution is -2.46. The average Bonchev–Trinajstić information content (AvgIpc) is 2.48. The monoisotopic (exact) mass is 301 g/mol. The van der Waals surface area contributed by atoms with E-state index in [9.17, 15) is 13.2 Å². The summed E-state index contributed by atoms with van der Waals surface area (Å²) in [6.07, 6.45) is 0.443. The van der Waals surface area contributed by atoms with Crippen molar-refractivity contribution in [2.75, 3.05) is 13.1 Å². The standard InChI is InChI=1S/C15H22F3N3/c1-2-13(19)14(11-4-3-7-20-10-11)21-8-5-12(6-9-21)15(16,17)18/h3-4,7,10,12-14H,2,5-6,8-9,19H2,1H3. The van der Waals surface area contributed by atoms with E-state index in [1.165, 1.54) is 0 Å². The number of rotatable bonds is 4. The molecule has 21 heavy (non-hydrogen) atoms. The molecular formula is C15H22F3N3. The van der Waals surface area contributed by atoms with Crippen molar-refractivity contribution in [2.24, 2.45) is 11.7 Å². The molecule has 2 rings (SSSR count). The molecule has 0 saturated carbocycles. The molecule has 1 saturated heterocycles. The van der Waals surface area contributed by atoms with E-state index < -0.39 is 12.1 Å². The number of aromatic nitrogens is 1. The van der Waals surface area contributed by atoms with Crippen molar-refractivity contribution < 1.29 is 13.2 Å². The fourth-order valence-corrected chi connectivity index (χ4v) is 3.01. The van der Waals surface area contributed by atoms with Crippen molar-refractivity contribution >= 4 is 0 Å². The van der Waals surface area contributed by atoms with Crippen molar-refractivity contribution in [3.05, 3.63) is 30.1 Å². The Labute approximate surface area is 123 Å². The van der Waals surface area contributed by atoms with Gasteiger partial charge in [-0.1, -0.05) is 13.0 Å². The highest BCUT2D eigenvalue weighted by atomic mass is 19.4. The van der Waals surface area contributed by atoms with Gasteiger partial charge in [0.15, 0.2) is 0 Å². The number of halogens is 3. The zero-order chi connectivity index (χ0) is 15.5. The molecule has 0 spiro atoms. The topological polar surface area (TPSA) is 42.1 Å². The Morgan fingerprint density at radius 3 is 2.52 bits per heavy atom. The Hall–Kier alpha value is -1.14. The van der Waals surface area contributed by atoms with Crippen molar-refractivity contribution in [1.29, 1.82) is 0 Å². The number of pyridine rings is 1. The van der Waals surface area contributed by atoms with E-state index in [1.807, 2.05) is 19.1 Å². The number of piperidine rings is 1. The van der Waals surface area contributed by atoms with E-state index in [4.69, 9.17) is 5.73 Å². The highest BCUT2D eigenvalue weighted by molar-refractivity contribution is 5.16. The van der Waals surface area contributed by atoms with Crippen LogP contribution in [0.2, 0.25) is 0 Å². The van der Waals surface area contributed by atoms with Crippen LogP contribution in [0.3, 0.4) is 0 Å². The van der Waals surface area contributed by atoms with Gasteiger partial charge in [-0.3, -0.25) is 9.88 Å². The van der Waals surface area contributed by atoms with E-state index in [0.29, 0.717) is 13.1 Å². The number of likely N-dealkylation sites (tertiary alicyclic amines) is 1. The van der Waals surface area contributed by atoms with Crippen LogP contribution in [-0.4, -0.2) is 35.2 Å². The van der Waals surface area contributed by atoms with Crippen LogP contribution in [0.1, 0.15) is 37.8 Å². The molecule has 0 aliphatic carbocycles. The van der Waals surface area contributed by atoms with Crippen molar-refractivity contribution in [3.63, 3.8) is 0 Å². The largest absolute Gasteiger partial charge is 0.391 e. The van der Waals surface area contributed by atoms with Crippen molar-refractivity contribution in [2.45, 2.75) is 44.4 Å². The molecule has 2 atom stereocenters.